The Morgan fingerprint density at radius 2 is 2.24 bits per heavy atom. The van der Waals surface area contributed by atoms with Crippen LogP contribution >= 0.6 is 11.8 Å². The molecule has 0 radical (unpaired) electrons. The first kappa shape index (κ1) is 12.7. The van der Waals surface area contributed by atoms with E-state index < -0.39 is 0 Å². The molecule has 1 aliphatic carbocycles. The summed E-state index contributed by atoms with van der Waals surface area (Å²) in [6, 6.07) is 0.215. The van der Waals surface area contributed by atoms with E-state index in [-0.39, 0.29) is 11.7 Å². The van der Waals surface area contributed by atoms with Gasteiger partial charge in [-0.3, -0.25) is 4.57 Å². The number of H-pyrrole nitrogens is 1. The molecule has 1 fully saturated rings. The fourth-order valence-corrected chi connectivity index (χ4v) is 3.33. The minimum absolute atomic E-state index is 0.168. The second-order valence-electron chi connectivity index (χ2n) is 4.74. The van der Waals surface area contributed by atoms with Crippen LogP contribution in [0.4, 0.5) is 0 Å². The van der Waals surface area contributed by atoms with Crippen LogP contribution in [0.25, 0.3) is 0 Å². The number of nitrogens with one attached hydrogen (secondary N) is 1. The van der Waals surface area contributed by atoms with Gasteiger partial charge >= 0.3 is 5.69 Å². The van der Waals surface area contributed by atoms with Crippen molar-refractivity contribution >= 4 is 11.8 Å². The lowest BCUT2D eigenvalue weighted by Gasteiger charge is -2.26. The van der Waals surface area contributed by atoms with Gasteiger partial charge < -0.3 is 5.73 Å². The van der Waals surface area contributed by atoms with Gasteiger partial charge in [0.2, 0.25) is 0 Å². The number of rotatable bonds is 4. The lowest BCUT2D eigenvalue weighted by Crippen LogP contribution is -2.33. The molecule has 0 aliphatic heterocycles. The number of nitrogens with zero attached hydrogens (tertiary/aromatic N) is 2. The average molecular weight is 256 g/mol. The van der Waals surface area contributed by atoms with Crippen molar-refractivity contribution in [3.63, 3.8) is 0 Å². The Morgan fingerprint density at radius 1 is 1.53 bits per heavy atom. The van der Waals surface area contributed by atoms with Crippen molar-refractivity contribution in [1.29, 1.82) is 0 Å². The second-order valence-corrected chi connectivity index (χ2v) is 5.73. The predicted molar refractivity (Wildman–Crippen MR) is 69.1 cm³/mol. The lowest BCUT2D eigenvalue weighted by atomic mass is 9.85. The van der Waals surface area contributed by atoms with Crippen molar-refractivity contribution in [3.8, 4) is 0 Å². The summed E-state index contributed by atoms with van der Waals surface area (Å²) in [6.07, 6.45) is 6.47. The Hall–Kier alpha value is -0.750. The highest BCUT2D eigenvalue weighted by atomic mass is 32.2. The quantitative estimate of drug-likeness (QED) is 0.791. The Kier molecular flexibility index (Phi) is 4.28. The highest BCUT2D eigenvalue weighted by Crippen LogP contribution is 2.27. The molecular formula is C11H20N4OS. The van der Waals surface area contributed by atoms with E-state index >= 15 is 0 Å². The summed E-state index contributed by atoms with van der Waals surface area (Å²) in [5.41, 5.74) is 6.04. The normalized spacial score (nSPS) is 19.4. The number of hydrogen-bond acceptors (Lipinski definition) is 4. The van der Waals surface area contributed by atoms with E-state index in [1.165, 1.54) is 36.7 Å². The van der Waals surface area contributed by atoms with Crippen molar-refractivity contribution < 1.29 is 0 Å². The lowest BCUT2D eigenvalue weighted by molar-refractivity contribution is 0.319. The topological polar surface area (TPSA) is 76.7 Å². The molecule has 1 atom stereocenters. The summed E-state index contributed by atoms with van der Waals surface area (Å²) >= 11 is 1.57. The first-order valence-corrected chi connectivity index (χ1v) is 7.17. The zero-order valence-electron chi connectivity index (χ0n) is 10.2. The zero-order chi connectivity index (χ0) is 12.3. The van der Waals surface area contributed by atoms with Crippen LogP contribution in [0.5, 0.6) is 0 Å². The van der Waals surface area contributed by atoms with Gasteiger partial charge in [-0.05, 0) is 18.8 Å². The van der Waals surface area contributed by atoms with E-state index in [1.807, 2.05) is 0 Å². The highest BCUT2D eigenvalue weighted by molar-refractivity contribution is 7.99. The molecule has 1 saturated carbocycles. The molecule has 96 valence electrons. The molecule has 1 aromatic rings. The van der Waals surface area contributed by atoms with E-state index in [9.17, 15) is 4.79 Å². The maximum atomic E-state index is 11.2. The van der Waals surface area contributed by atoms with Gasteiger partial charge in [-0.15, -0.1) is 5.10 Å². The first-order valence-electron chi connectivity index (χ1n) is 6.18. The van der Waals surface area contributed by atoms with Crippen LogP contribution in [0.15, 0.2) is 9.95 Å². The van der Waals surface area contributed by atoms with E-state index in [0.717, 1.165) is 10.9 Å². The summed E-state index contributed by atoms with van der Waals surface area (Å²) in [5.74, 6) is 1.48. The van der Waals surface area contributed by atoms with Gasteiger partial charge in [0.05, 0.1) is 0 Å². The molecule has 0 bridgehead atoms. The molecule has 0 aromatic carbocycles. The third kappa shape index (κ3) is 3.13. The van der Waals surface area contributed by atoms with Crippen molar-refractivity contribution in [2.45, 2.75) is 43.3 Å². The summed E-state index contributed by atoms with van der Waals surface area (Å²) < 4.78 is 1.53. The van der Waals surface area contributed by atoms with Crippen molar-refractivity contribution in [3.05, 3.63) is 10.5 Å². The Labute approximate surface area is 105 Å². The monoisotopic (exact) mass is 256 g/mol. The fraction of sp³-hybridized carbons (Fsp3) is 0.818. The van der Waals surface area contributed by atoms with Crippen molar-refractivity contribution in [1.82, 2.24) is 14.8 Å². The smallest absolute Gasteiger partial charge is 0.327 e. The number of aromatic amines is 1. The molecular weight excluding hydrogens is 236 g/mol. The Balaban J connectivity index is 1.85. The number of nitrogens with two attached hydrogens (primary N) is 1. The van der Waals surface area contributed by atoms with Crippen LogP contribution in [-0.4, -0.2) is 26.6 Å². The SMILES string of the molecule is Cn1c(SCC(N)C2CCCCC2)n[nH]c1=O. The summed E-state index contributed by atoms with van der Waals surface area (Å²) in [7, 11) is 1.72. The van der Waals surface area contributed by atoms with Crippen molar-refractivity contribution in [2.75, 3.05) is 5.75 Å². The van der Waals surface area contributed by atoms with E-state index in [4.69, 9.17) is 5.73 Å². The van der Waals surface area contributed by atoms with E-state index in [2.05, 4.69) is 10.2 Å². The molecule has 1 aromatic heterocycles. The second kappa shape index (κ2) is 5.73. The van der Waals surface area contributed by atoms with Crippen LogP contribution in [0.1, 0.15) is 32.1 Å². The Bertz CT molecular complexity index is 408. The number of hydrogen-bond donors (Lipinski definition) is 2. The average Bonchev–Trinajstić information content (AvgIpc) is 2.68. The summed E-state index contributed by atoms with van der Waals surface area (Å²) in [4.78, 5) is 11.2. The van der Waals surface area contributed by atoms with Crippen LogP contribution in [-0.2, 0) is 7.05 Å². The van der Waals surface area contributed by atoms with Gasteiger partial charge in [0.15, 0.2) is 5.16 Å². The largest absolute Gasteiger partial charge is 0.343 e. The molecule has 5 nitrogen and oxygen atoms in total. The fourth-order valence-electron chi connectivity index (χ4n) is 2.33. The number of thioether (sulfide) groups is 1. The molecule has 2 rings (SSSR count). The van der Waals surface area contributed by atoms with Gasteiger partial charge in [-0.25, -0.2) is 9.89 Å². The molecule has 6 heteroatoms. The molecule has 1 unspecified atom stereocenters. The van der Waals surface area contributed by atoms with Crippen LogP contribution in [0, 0.1) is 5.92 Å². The van der Waals surface area contributed by atoms with Gasteiger partial charge in [-0.1, -0.05) is 31.0 Å². The summed E-state index contributed by atoms with van der Waals surface area (Å²) in [6.45, 7) is 0. The zero-order valence-corrected chi connectivity index (χ0v) is 11.0. The highest BCUT2D eigenvalue weighted by Gasteiger charge is 2.21. The van der Waals surface area contributed by atoms with Gasteiger partial charge in [-0.2, -0.15) is 0 Å². The molecule has 17 heavy (non-hydrogen) atoms. The molecule has 0 spiro atoms. The maximum Gasteiger partial charge on any atom is 0.343 e. The van der Waals surface area contributed by atoms with Gasteiger partial charge in [0.1, 0.15) is 0 Å². The molecule has 0 amide bonds. The van der Waals surface area contributed by atoms with Crippen molar-refractivity contribution in [2.24, 2.45) is 18.7 Å². The van der Waals surface area contributed by atoms with Gasteiger partial charge in [0.25, 0.3) is 0 Å². The maximum absolute atomic E-state index is 11.2. The standard InChI is InChI=1S/C11H20N4OS/c1-15-10(16)13-14-11(15)17-7-9(12)8-5-3-2-4-6-8/h8-9H,2-7,12H2,1H3,(H,13,16). The summed E-state index contributed by atoms with van der Waals surface area (Å²) in [5, 5.41) is 7.12. The van der Waals surface area contributed by atoms with Crippen LogP contribution < -0.4 is 11.4 Å². The molecule has 1 aliphatic rings. The molecule has 3 N–H and O–H groups in total. The van der Waals surface area contributed by atoms with E-state index in [0.29, 0.717) is 5.92 Å². The minimum atomic E-state index is -0.168. The van der Waals surface area contributed by atoms with Crippen LogP contribution in [0.3, 0.4) is 0 Å². The predicted octanol–water partition coefficient (Wildman–Crippen LogP) is 1.11. The molecule has 0 saturated heterocycles. The molecule has 1 heterocycles. The van der Waals surface area contributed by atoms with Crippen LogP contribution in [0.2, 0.25) is 0 Å². The van der Waals surface area contributed by atoms with Gasteiger partial charge in [0, 0.05) is 18.8 Å². The Morgan fingerprint density at radius 3 is 2.82 bits per heavy atom. The third-order valence-corrected chi connectivity index (χ3v) is 4.67. The first-order chi connectivity index (χ1) is 8.18. The van der Waals surface area contributed by atoms with E-state index in [1.54, 1.807) is 18.8 Å². The number of aromatic nitrogens is 3. The third-order valence-electron chi connectivity index (χ3n) is 3.50. The minimum Gasteiger partial charge on any atom is -0.327 e.